The third kappa shape index (κ3) is 4.48. The maximum absolute atomic E-state index is 11.6. The molecule has 2 heterocycles. The molecule has 0 bridgehead atoms. The molecule has 0 saturated carbocycles. The molecule has 4 rings (SSSR count). The summed E-state index contributed by atoms with van der Waals surface area (Å²) in [6, 6.07) is 16.5. The fraction of sp³-hybridized carbons (Fsp3) is 0.429. The number of ether oxygens (including phenoxy) is 2. The summed E-state index contributed by atoms with van der Waals surface area (Å²) in [6.45, 7) is 2.47. The number of hydrogen-bond donors (Lipinski definition) is 1. The van der Waals surface area contributed by atoms with Gasteiger partial charge in [-0.15, -0.1) is 0 Å². The summed E-state index contributed by atoms with van der Waals surface area (Å²) < 4.78 is 36.6. The maximum Gasteiger partial charge on any atom is 0.211 e. The smallest absolute Gasteiger partial charge is 0.211 e. The zero-order valence-corrected chi connectivity index (χ0v) is 16.8. The first-order valence-electron chi connectivity index (χ1n) is 9.65. The van der Waals surface area contributed by atoms with Gasteiger partial charge in [0.15, 0.2) is 17.6 Å². The Bertz CT molecular complexity index is 906. The highest BCUT2D eigenvalue weighted by Gasteiger charge is 2.25. The number of piperidine rings is 1. The average molecular weight is 403 g/mol. The van der Waals surface area contributed by atoms with Crippen molar-refractivity contribution in [1.29, 1.82) is 0 Å². The summed E-state index contributed by atoms with van der Waals surface area (Å²) in [5.41, 5.74) is 2.30. The second-order valence-electron chi connectivity index (χ2n) is 7.42. The molecular formula is C21H26N2O4S. The first-order chi connectivity index (χ1) is 13.5. The molecular weight excluding hydrogens is 376 g/mol. The van der Waals surface area contributed by atoms with Gasteiger partial charge in [0.05, 0.1) is 6.26 Å². The van der Waals surface area contributed by atoms with Gasteiger partial charge in [-0.25, -0.2) is 12.7 Å². The van der Waals surface area contributed by atoms with Crippen LogP contribution in [0.1, 0.15) is 30.1 Å². The van der Waals surface area contributed by atoms with E-state index in [0.717, 1.165) is 36.4 Å². The minimum Gasteiger partial charge on any atom is -0.485 e. The van der Waals surface area contributed by atoms with Gasteiger partial charge in [0.2, 0.25) is 10.0 Å². The van der Waals surface area contributed by atoms with E-state index >= 15 is 0 Å². The van der Waals surface area contributed by atoms with Gasteiger partial charge in [0.25, 0.3) is 0 Å². The van der Waals surface area contributed by atoms with Crippen molar-refractivity contribution in [2.24, 2.45) is 0 Å². The van der Waals surface area contributed by atoms with Crippen LogP contribution in [0.3, 0.4) is 0 Å². The summed E-state index contributed by atoms with van der Waals surface area (Å²) in [7, 11) is -3.07. The normalized spacial score (nSPS) is 20.8. The van der Waals surface area contributed by atoms with E-state index in [0.29, 0.717) is 25.7 Å². The molecule has 1 N–H and O–H groups in total. The summed E-state index contributed by atoms with van der Waals surface area (Å²) in [5, 5.41) is 3.54. The fourth-order valence-electron chi connectivity index (χ4n) is 3.69. The van der Waals surface area contributed by atoms with Crippen LogP contribution in [-0.4, -0.2) is 44.7 Å². The number of rotatable bonds is 5. The Morgan fingerprint density at radius 2 is 1.71 bits per heavy atom. The van der Waals surface area contributed by atoms with Crippen molar-refractivity contribution in [3.63, 3.8) is 0 Å². The van der Waals surface area contributed by atoms with E-state index in [-0.39, 0.29) is 6.10 Å². The largest absolute Gasteiger partial charge is 0.485 e. The Kier molecular flexibility index (Phi) is 5.57. The third-order valence-corrected chi connectivity index (χ3v) is 6.68. The quantitative estimate of drug-likeness (QED) is 0.833. The van der Waals surface area contributed by atoms with Gasteiger partial charge in [-0.2, -0.15) is 0 Å². The minimum atomic E-state index is -3.07. The molecule has 2 aliphatic rings. The van der Waals surface area contributed by atoms with E-state index in [9.17, 15) is 8.42 Å². The number of hydrogen-bond acceptors (Lipinski definition) is 5. The van der Waals surface area contributed by atoms with Crippen LogP contribution < -0.4 is 14.8 Å². The lowest BCUT2D eigenvalue weighted by atomic mass is 10.0. The lowest BCUT2D eigenvalue weighted by Gasteiger charge is -2.30. The Morgan fingerprint density at radius 3 is 2.39 bits per heavy atom. The minimum absolute atomic E-state index is 0.0998. The number of para-hydroxylation sites is 2. The van der Waals surface area contributed by atoms with Crippen LogP contribution in [0.2, 0.25) is 0 Å². The first kappa shape index (κ1) is 19.2. The number of nitrogens with zero attached hydrogens (tertiary/aromatic N) is 1. The van der Waals surface area contributed by atoms with Crippen molar-refractivity contribution in [1.82, 2.24) is 9.62 Å². The van der Waals surface area contributed by atoms with E-state index in [2.05, 4.69) is 29.6 Å². The van der Waals surface area contributed by atoms with Crippen LogP contribution in [0, 0.1) is 0 Å². The number of nitrogens with one attached hydrogen (secondary N) is 1. The first-order valence-corrected chi connectivity index (χ1v) is 11.5. The van der Waals surface area contributed by atoms with Gasteiger partial charge in [-0.3, -0.25) is 0 Å². The van der Waals surface area contributed by atoms with E-state index in [4.69, 9.17) is 9.47 Å². The molecule has 150 valence electrons. The monoisotopic (exact) mass is 402 g/mol. The summed E-state index contributed by atoms with van der Waals surface area (Å²) in [4.78, 5) is 0. The van der Waals surface area contributed by atoms with Crippen LogP contribution in [0.5, 0.6) is 11.5 Å². The van der Waals surface area contributed by atoms with Gasteiger partial charge in [-0.05, 0) is 36.1 Å². The third-order valence-electron chi connectivity index (χ3n) is 5.38. The zero-order chi connectivity index (χ0) is 19.6. The molecule has 0 spiro atoms. The molecule has 0 aliphatic carbocycles. The van der Waals surface area contributed by atoms with E-state index in [1.54, 1.807) is 4.31 Å². The molecule has 0 amide bonds. The summed E-state index contributed by atoms with van der Waals surface area (Å²) in [6.07, 6.45) is 2.87. The standard InChI is InChI=1S/C21H26N2O4S/c1-28(24,25)23-12-10-18(11-13-23)22-14-16-6-8-17(9-7-16)21-15-26-19-4-2-3-5-20(19)27-21/h2-9,18,21-22H,10-15H2,1H3/t21-/m1/s1. The Hall–Kier alpha value is -2.09. The van der Waals surface area contributed by atoms with Crippen molar-refractivity contribution in [3.05, 3.63) is 59.7 Å². The van der Waals surface area contributed by atoms with Crippen molar-refractivity contribution in [2.75, 3.05) is 26.0 Å². The van der Waals surface area contributed by atoms with Gasteiger partial charge in [-0.1, -0.05) is 36.4 Å². The van der Waals surface area contributed by atoms with Gasteiger partial charge >= 0.3 is 0 Å². The van der Waals surface area contributed by atoms with E-state index in [1.807, 2.05) is 24.3 Å². The second-order valence-corrected chi connectivity index (χ2v) is 9.41. The van der Waals surface area contributed by atoms with Crippen molar-refractivity contribution in [2.45, 2.75) is 31.5 Å². The fourth-order valence-corrected chi connectivity index (χ4v) is 4.56. The average Bonchev–Trinajstić information content (AvgIpc) is 2.72. The van der Waals surface area contributed by atoms with E-state index in [1.165, 1.54) is 11.8 Å². The van der Waals surface area contributed by atoms with Gasteiger partial charge in [0.1, 0.15) is 6.61 Å². The van der Waals surface area contributed by atoms with Crippen LogP contribution in [0.4, 0.5) is 0 Å². The molecule has 6 nitrogen and oxygen atoms in total. The number of fused-ring (bicyclic) bond motifs is 1. The Balaban J connectivity index is 1.29. The molecule has 7 heteroatoms. The van der Waals surface area contributed by atoms with E-state index < -0.39 is 10.0 Å². The Morgan fingerprint density at radius 1 is 1.04 bits per heavy atom. The van der Waals surface area contributed by atoms with Crippen LogP contribution >= 0.6 is 0 Å². The summed E-state index contributed by atoms with van der Waals surface area (Å²) >= 11 is 0. The highest BCUT2D eigenvalue weighted by molar-refractivity contribution is 7.88. The molecule has 1 saturated heterocycles. The summed E-state index contributed by atoms with van der Waals surface area (Å²) in [5.74, 6) is 1.58. The molecule has 0 unspecified atom stereocenters. The van der Waals surface area contributed by atoms with Crippen LogP contribution in [-0.2, 0) is 16.6 Å². The number of benzene rings is 2. The highest BCUT2D eigenvalue weighted by Crippen LogP contribution is 2.35. The van der Waals surface area contributed by atoms with Gasteiger partial charge < -0.3 is 14.8 Å². The lowest BCUT2D eigenvalue weighted by Crippen LogP contribution is -2.44. The van der Waals surface area contributed by atoms with Crippen LogP contribution in [0.25, 0.3) is 0 Å². The predicted octanol–water partition coefficient (Wildman–Crippen LogP) is 2.71. The van der Waals surface area contributed by atoms with Crippen LogP contribution in [0.15, 0.2) is 48.5 Å². The highest BCUT2D eigenvalue weighted by atomic mass is 32.2. The SMILES string of the molecule is CS(=O)(=O)N1CCC(NCc2ccc([C@H]3COc4ccccc4O3)cc2)CC1. The zero-order valence-electron chi connectivity index (χ0n) is 16.0. The van der Waals surface area contributed by atoms with Crippen molar-refractivity contribution in [3.8, 4) is 11.5 Å². The molecule has 28 heavy (non-hydrogen) atoms. The lowest BCUT2D eigenvalue weighted by molar-refractivity contribution is 0.0913. The predicted molar refractivity (Wildman–Crippen MR) is 108 cm³/mol. The van der Waals surface area contributed by atoms with Crippen molar-refractivity contribution < 1.29 is 17.9 Å². The molecule has 0 aromatic heterocycles. The molecule has 2 aromatic rings. The molecule has 0 radical (unpaired) electrons. The maximum atomic E-state index is 11.6. The van der Waals surface area contributed by atoms with Crippen molar-refractivity contribution >= 4 is 10.0 Å². The number of sulfonamides is 1. The molecule has 1 fully saturated rings. The second kappa shape index (κ2) is 8.11. The molecule has 2 aliphatic heterocycles. The Labute approximate surface area is 166 Å². The topological polar surface area (TPSA) is 67.9 Å². The molecule has 1 atom stereocenters. The molecule has 2 aromatic carbocycles. The van der Waals surface area contributed by atoms with Gasteiger partial charge in [0, 0.05) is 25.7 Å².